The van der Waals surface area contributed by atoms with Gasteiger partial charge in [-0.25, -0.2) is 4.79 Å². The smallest absolute Gasteiger partial charge is 0.414 e. The van der Waals surface area contributed by atoms with Crippen LogP contribution >= 0.6 is 11.6 Å². The molecule has 1 fully saturated rings. The third-order valence-corrected chi connectivity index (χ3v) is 7.38. The minimum atomic E-state index is -1.78. The molecule has 2 aliphatic rings. The van der Waals surface area contributed by atoms with E-state index in [1.165, 1.54) is 0 Å². The van der Waals surface area contributed by atoms with Crippen molar-refractivity contribution in [1.82, 2.24) is 15.0 Å². The van der Waals surface area contributed by atoms with Gasteiger partial charge in [0, 0.05) is 48.0 Å². The van der Waals surface area contributed by atoms with Gasteiger partial charge in [-0.3, -0.25) is 14.4 Å². The third-order valence-electron chi connectivity index (χ3n) is 7.14. The molecule has 2 aromatic carbocycles. The second-order valence-corrected chi connectivity index (χ2v) is 10.1. The quantitative estimate of drug-likeness (QED) is 0.370. The highest BCUT2D eigenvalue weighted by atomic mass is 35.5. The van der Waals surface area contributed by atoms with E-state index in [9.17, 15) is 14.7 Å². The van der Waals surface area contributed by atoms with Crippen LogP contribution in [0, 0.1) is 5.92 Å². The van der Waals surface area contributed by atoms with Crippen molar-refractivity contribution in [2.75, 3.05) is 29.6 Å². The number of hydrogen-bond acceptors (Lipinski definition) is 7. The topological polar surface area (TPSA) is 121 Å². The number of allylic oxidation sites excluding steroid dienone is 1. The Morgan fingerprint density at radius 3 is 2.72 bits per heavy atom. The molecule has 0 bridgehead atoms. The van der Waals surface area contributed by atoms with Crippen LogP contribution in [0.4, 0.5) is 16.2 Å². The van der Waals surface area contributed by atoms with Gasteiger partial charge in [0.1, 0.15) is 6.61 Å². The Balaban J connectivity index is 1.31. The molecule has 2 atom stereocenters. The summed E-state index contributed by atoms with van der Waals surface area (Å²) in [5.41, 5.74) is 1.60. The van der Waals surface area contributed by atoms with Gasteiger partial charge < -0.3 is 19.8 Å². The summed E-state index contributed by atoms with van der Waals surface area (Å²) in [6.07, 6.45) is 6.25. The van der Waals surface area contributed by atoms with Crippen LogP contribution < -0.4 is 9.80 Å². The van der Waals surface area contributed by atoms with Crippen LogP contribution in [-0.4, -0.2) is 57.0 Å². The zero-order chi connectivity index (χ0) is 27.6. The van der Waals surface area contributed by atoms with Gasteiger partial charge in [0.05, 0.1) is 24.5 Å². The summed E-state index contributed by atoms with van der Waals surface area (Å²) in [6, 6.07) is 12.5. The van der Waals surface area contributed by atoms with Crippen molar-refractivity contribution in [1.29, 1.82) is 0 Å². The summed E-state index contributed by atoms with van der Waals surface area (Å²) in [5.74, 6) is -0.953. The number of carbonyl (C=O) groups is 2. The zero-order valence-electron chi connectivity index (χ0n) is 21.5. The molecule has 2 amide bonds. The molecule has 2 N–H and O–H groups in total. The molecule has 0 saturated carbocycles. The molecule has 1 aromatic heterocycles. The number of nitrogens with zero attached hydrogens (tertiary/aromatic N) is 5. The van der Waals surface area contributed by atoms with Crippen LogP contribution in [0.15, 0.2) is 60.8 Å². The maximum atomic E-state index is 13.8. The van der Waals surface area contributed by atoms with E-state index in [1.54, 1.807) is 45.8 Å². The van der Waals surface area contributed by atoms with Crippen molar-refractivity contribution >= 4 is 35.0 Å². The Hall–Kier alpha value is -3.73. The number of anilines is 2. The lowest BCUT2D eigenvalue weighted by Crippen LogP contribution is -2.44. The maximum absolute atomic E-state index is 13.8. The first-order valence-corrected chi connectivity index (χ1v) is 13.2. The summed E-state index contributed by atoms with van der Waals surface area (Å²) in [7, 11) is 0. The second kappa shape index (κ2) is 11.2. The molecular formula is C28H30ClN5O5. The van der Waals surface area contributed by atoms with Crippen molar-refractivity contribution in [3.63, 3.8) is 0 Å². The molecule has 10 nitrogen and oxygen atoms in total. The molecule has 2 aliphatic heterocycles. The van der Waals surface area contributed by atoms with Gasteiger partial charge >= 0.3 is 6.09 Å². The molecule has 1 saturated heterocycles. The van der Waals surface area contributed by atoms with Crippen LogP contribution in [0.1, 0.15) is 30.2 Å². The van der Waals surface area contributed by atoms with Crippen LogP contribution in [0.2, 0.25) is 5.02 Å². The normalized spacial score (nSPS) is 19.7. The first-order chi connectivity index (χ1) is 18.8. The van der Waals surface area contributed by atoms with Crippen molar-refractivity contribution < 1.29 is 24.5 Å². The number of aryl methyl sites for hydroxylation is 1. The van der Waals surface area contributed by atoms with Gasteiger partial charge in [0.2, 0.25) is 0 Å². The van der Waals surface area contributed by atoms with Crippen LogP contribution in [0.5, 0.6) is 0 Å². The SMILES string of the molecule is C[C@H](/C=C/CCn1cc(CCO)nn1)[C@@]1(O)C(=O)N(Cc2ccc(N3CCOC3=O)cc2)c2ccc(Cl)cc21. The van der Waals surface area contributed by atoms with E-state index in [4.69, 9.17) is 21.4 Å². The highest BCUT2D eigenvalue weighted by Gasteiger charge is 2.52. The molecule has 39 heavy (non-hydrogen) atoms. The Morgan fingerprint density at radius 2 is 2.00 bits per heavy atom. The molecule has 0 radical (unpaired) electrons. The van der Waals surface area contributed by atoms with Crippen molar-refractivity contribution in [3.8, 4) is 0 Å². The number of fused-ring (bicyclic) bond motifs is 1. The van der Waals surface area contributed by atoms with Crippen LogP contribution in [0.25, 0.3) is 0 Å². The van der Waals surface area contributed by atoms with E-state index >= 15 is 0 Å². The highest BCUT2D eigenvalue weighted by Crippen LogP contribution is 2.46. The molecule has 3 heterocycles. The summed E-state index contributed by atoms with van der Waals surface area (Å²) in [6.45, 7) is 3.51. The molecule has 3 aromatic rings. The van der Waals surface area contributed by atoms with E-state index in [0.29, 0.717) is 48.8 Å². The van der Waals surface area contributed by atoms with E-state index in [2.05, 4.69) is 10.3 Å². The molecule has 0 unspecified atom stereocenters. The Bertz CT molecular complexity index is 1390. The number of aromatic nitrogens is 3. The van der Waals surface area contributed by atoms with E-state index in [-0.39, 0.29) is 19.2 Å². The number of hydrogen-bond donors (Lipinski definition) is 2. The fourth-order valence-electron chi connectivity index (χ4n) is 4.99. The maximum Gasteiger partial charge on any atom is 0.414 e. The zero-order valence-corrected chi connectivity index (χ0v) is 22.3. The largest absolute Gasteiger partial charge is 0.447 e. The minimum Gasteiger partial charge on any atom is -0.447 e. The summed E-state index contributed by atoms with van der Waals surface area (Å²) >= 11 is 6.29. The number of benzene rings is 2. The Kier molecular flexibility index (Phi) is 7.69. The summed E-state index contributed by atoms with van der Waals surface area (Å²) in [5, 5.41) is 29.4. The van der Waals surface area contributed by atoms with E-state index in [0.717, 1.165) is 16.9 Å². The average molecular weight is 552 g/mol. The summed E-state index contributed by atoms with van der Waals surface area (Å²) in [4.78, 5) is 28.8. The molecular weight excluding hydrogens is 522 g/mol. The summed E-state index contributed by atoms with van der Waals surface area (Å²) < 4.78 is 6.71. The molecule has 0 aliphatic carbocycles. The predicted octanol–water partition coefficient (Wildman–Crippen LogP) is 3.44. The van der Waals surface area contributed by atoms with Gasteiger partial charge in [-0.15, -0.1) is 5.10 Å². The molecule has 5 rings (SSSR count). The van der Waals surface area contributed by atoms with Gasteiger partial charge in [-0.2, -0.15) is 0 Å². The fraction of sp³-hybridized carbons (Fsp3) is 0.357. The Labute approximate surface area is 231 Å². The number of amides is 2. The average Bonchev–Trinajstić information content (AvgIpc) is 3.62. The number of aliphatic hydroxyl groups excluding tert-OH is 1. The van der Waals surface area contributed by atoms with E-state index in [1.807, 2.05) is 36.4 Å². The first kappa shape index (κ1) is 26.9. The standard InChI is InChI=1S/C28H30ClN5O5/c1-19(4-2-3-12-32-18-22(11-14-35)30-31-32)28(38)24-16-21(29)7-10-25(24)34(26(28)36)17-20-5-8-23(9-6-20)33-13-15-39-27(33)37/h2,4-10,16,18-19,35,38H,3,11-15,17H2,1H3/b4-2+/t19-,28+/m1/s1. The van der Waals surface area contributed by atoms with Gasteiger partial charge in [-0.05, 0) is 42.3 Å². The van der Waals surface area contributed by atoms with Crippen molar-refractivity contribution in [2.24, 2.45) is 5.92 Å². The number of halogens is 1. The number of ether oxygens (including phenoxy) is 1. The van der Waals surface area contributed by atoms with Crippen LogP contribution in [-0.2, 0) is 34.6 Å². The van der Waals surface area contributed by atoms with E-state index < -0.39 is 17.4 Å². The van der Waals surface area contributed by atoms with Crippen molar-refractivity contribution in [2.45, 2.75) is 38.5 Å². The van der Waals surface area contributed by atoms with Gasteiger partial charge in [-0.1, -0.05) is 48.0 Å². The fourth-order valence-corrected chi connectivity index (χ4v) is 5.16. The monoisotopic (exact) mass is 551 g/mol. The number of aliphatic hydroxyl groups is 2. The molecule has 0 spiro atoms. The van der Waals surface area contributed by atoms with Crippen LogP contribution in [0.3, 0.4) is 0 Å². The predicted molar refractivity (Wildman–Crippen MR) is 145 cm³/mol. The third kappa shape index (κ3) is 5.27. The molecule has 11 heteroatoms. The minimum absolute atomic E-state index is 0.0194. The lowest BCUT2D eigenvalue weighted by Gasteiger charge is -2.28. The van der Waals surface area contributed by atoms with Gasteiger partial charge in [0.25, 0.3) is 5.91 Å². The first-order valence-electron chi connectivity index (χ1n) is 12.9. The second-order valence-electron chi connectivity index (χ2n) is 9.70. The van der Waals surface area contributed by atoms with Crippen molar-refractivity contribution in [3.05, 3.63) is 82.7 Å². The molecule has 204 valence electrons. The lowest BCUT2D eigenvalue weighted by molar-refractivity contribution is -0.139. The Morgan fingerprint density at radius 1 is 1.21 bits per heavy atom. The number of carbonyl (C=O) groups excluding carboxylic acids is 2. The highest BCUT2D eigenvalue weighted by molar-refractivity contribution is 6.31. The lowest BCUT2D eigenvalue weighted by atomic mass is 9.83. The number of cyclic esters (lactones) is 1. The number of rotatable bonds is 10. The van der Waals surface area contributed by atoms with Gasteiger partial charge in [0.15, 0.2) is 5.60 Å².